The van der Waals surface area contributed by atoms with Crippen molar-refractivity contribution in [2.24, 2.45) is 0 Å². The van der Waals surface area contributed by atoms with Crippen molar-refractivity contribution in [3.63, 3.8) is 0 Å². The van der Waals surface area contributed by atoms with E-state index in [2.05, 4.69) is 5.32 Å². The van der Waals surface area contributed by atoms with E-state index in [0.717, 1.165) is 25.9 Å². The van der Waals surface area contributed by atoms with Gasteiger partial charge in [0, 0.05) is 25.7 Å². The molecule has 0 aromatic heterocycles. The summed E-state index contributed by atoms with van der Waals surface area (Å²) in [7, 11) is 0. The van der Waals surface area contributed by atoms with Crippen LogP contribution >= 0.6 is 0 Å². The van der Waals surface area contributed by atoms with Crippen LogP contribution in [0.1, 0.15) is 19.3 Å². The molecule has 2 aliphatic rings. The maximum atomic E-state index is 10.4. The molecule has 2 saturated heterocycles. The third kappa shape index (κ3) is 2.68. The number of ether oxygens (including phenoxy) is 2. The highest BCUT2D eigenvalue weighted by atomic mass is 16.6. The highest BCUT2D eigenvalue weighted by Gasteiger charge is 2.40. The van der Waals surface area contributed by atoms with Gasteiger partial charge < -0.3 is 19.9 Å². The molecule has 0 aliphatic carbocycles. The van der Waals surface area contributed by atoms with Crippen LogP contribution in [0.5, 0.6) is 0 Å². The van der Waals surface area contributed by atoms with Crippen molar-refractivity contribution in [1.29, 1.82) is 0 Å². The fraction of sp³-hybridized carbons (Fsp3) is 0.900. The highest BCUT2D eigenvalue weighted by Crippen LogP contribution is 2.32. The molecule has 2 fully saturated rings. The Morgan fingerprint density at radius 2 is 2.40 bits per heavy atom. The summed E-state index contributed by atoms with van der Waals surface area (Å²) in [6.45, 7) is 2.13. The predicted molar refractivity (Wildman–Crippen MR) is 52.8 cm³/mol. The van der Waals surface area contributed by atoms with E-state index in [9.17, 15) is 4.79 Å². The number of carbonyl (C=O) groups is 1. The standard InChI is InChI=1S/C10H17NO4/c12-9(13)6-11-8-1-3-15-10(5-8)2-4-14-7-10/h8,11H,1-7H2,(H,12,13). The van der Waals surface area contributed by atoms with Gasteiger partial charge in [-0.2, -0.15) is 0 Å². The first kappa shape index (κ1) is 10.9. The van der Waals surface area contributed by atoms with E-state index in [-0.39, 0.29) is 18.2 Å². The van der Waals surface area contributed by atoms with Crippen LogP contribution in [0.3, 0.4) is 0 Å². The number of rotatable bonds is 3. The highest BCUT2D eigenvalue weighted by molar-refractivity contribution is 5.69. The summed E-state index contributed by atoms with van der Waals surface area (Å²) in [5.74, 6) is -0.807. The number of carboxylic acids is 1. The Hall–Kier alpha value is -0.650. The third-order valence-electron chi connectivity index (χ3n) is 3.10. The van der Waals surface area contributed by atoms with Crippen LogP contribution in [0.25, 0.3) is 0 Å². The molecule has 2 unspecified atom stereocenters. The topological polar surface area (TPSA) is 67.8 Å². The molecule has 0 saturated carbocycles. The molecular formula is C10H17NO4. The zero-order valence-electron chi connectivity index (χ0n) is 8.70. The van der Waals surface area contributed by atoms with Crippen LogP contribution in [-0.4, -0.2) is 49.1 Å². The molecule has 0 radical (unpaired) electrons. The minimum Gasteiger partial charge on any atom is -0.480 e. The fourth-order valence-corrected chi connectivity index (χ4v) is 2.30. The largest absolute Gasteiger partial charge is 0.480 e. The van der Waals surface area contributed by atoms with E-state index in [4.69, 9.17) is 14.6 Å². The van der Waals surface area contributed by atoms with Gasteiger partial charge in [0.15, 0.2) is 0 Å². The molecule has 0 amide bonds. The summed E-state index contributed by atoms with van der Waals surface area (Å²) in [6.07, 6.45) is 2.67. The van der Waals surface area contributed by atoms with Gasteiger partial charge in [0.05, 0.1) is 18.8 Å². The summed E-state index contributed by atoms with van der Waals surface area (Å²) >= 11 is 0. The van der Waals surface area contributed by atoms with Gasteiger partial charge in [0.25, 0.3) is 0 Å². The summed E-state index contributed by atoms with van der Waals surface area (Å²) in [5.41, 5.74) is -0.144. The van der Waals surface area contributed by atoms with Crippen LogP contribution < -0.4 is 5.32 Å². The van der Waals surface area contributed by atoms with Gasteiger partial charge >= 0.3 is 5.97 Å². The second-order valence-electron chi connectivity index (χ2n) is 4.30. The van der Waals surface area contributed by atoms with Crippen LogP contribution in [0.2, 0.25) is 0 Å². The maximum absolute atomic E-state index is 10.4. The molecule has 2 N–H and O–H groups in total. The molecule has 86 valence electrons. The lowest BCUT2D eigenvalue weighted by Gasteiger charge is -2.37. The summed E-state index contributed by atoms with van der Waals surface area (Å²) in [6, 6.07) is 0.247. The Labute approximate surface area is 88.7 Å². The van der Waals surface area contributed by atoms with Crippen molar-refractivity contribution in [2.45, 2.75) is 30.9 Å². The molecular weight excluding hydrogens is 198 g/mol. The Morgan fingerprint density at radius 3 is 3.07 bits per heavy atom. The molecule has 0 aromatic rings. The number of carboxylic acid groups (broad SMARTS) is 1. The molecule has 0 aromatic carbocycles. The van der Waals surface area contributed by atoms with Crippen LogP contribution in [-0.2, 0) is 14.3 Å². The first-order valence-electron chi connectivity index (χ1n) is 5.37. The molecule has 0 bridgehead atoms. The van der Waals surface area contributed by atoms with Gasteiger partial charge in [0.1, 0.15) is 0 Å². The average molecular weight is 215 g/mol. The molecule has 5 nitrogen and oxygen atoms in total. The quantitative estimate of drug-likeness (QED) is 0.693. The SMILES string of the molecule is O=C(O)CNC1CCOC2(CCOC2)C1. The van der Waals surface area contributed by atoms with Gasteiger partial charge in [-0.3, -0.25) is 4.79 Å². The van der Waals surface area contributed by atoms with E-state index in [1.165, 1.54) is 0 Å². The van der Waals surface area contributed by atoms with E-state index in [0.29, 0.717) is 13.2 Å². The lowest BCUT2D eigenvalue weighted by atomic mass is 9.90. The van der Waals surface area contributed by atoms with E-state index in [1.54, 1.807) is 0 Å². The van der Waals surface area contributed by atoms with Crippen LogP contribution in [0.4, 0.5) is 0 Å². The molecule has 1 spiro atoms. The Bertz CT molecular complexity index is 238. The monoisotopic (exact) mass is 215 g/mol. The lowest BCUT2D eigenvalue weighted by Crippen LogP contribution is -2.48. The zero-order valence-corrected chi connectivity index (χ0v) is 8.70. The zero-order chi connectivity index (χ0) is 10.7. The molecule has 2 heterocycles. The van der Waals surface area contributed by atoms with Gasteiger partial charge in [-0.15, -0.1) is 0 Å². The number of nitrogens with one attached hydrogen (secondary N) is 1. The molecule has 5 heteroatoms. The van der Waals surface area contributed by atoms with Crippen molar-refractivity contribution in [2.75, 3.05) is 26.4 Å². The van der Waals surface area contributed by atoms with Gasteiger partial charge in [0.2, 0.25) is 0 Å². The van der Waals surface area contributed by atoms with Gasteiger partial charge in [-0.25, -0.2) is 0 Å². The first-order chi connectivity index (χ1) is 7.20. The van der Waals surface area contributed by atoms with Gasteiger partial charge in [-0.1, -0.05) is 0 Å². The van der Waals surface area contributed by atoms with E-state index < -0.39 is 5.97 Å². The van der Waals surface area contributed by atoms with Crippen molar-refractivity contribution < 1.29 is 19.4 Å². The molecule has 2 aliphatic heterocycles. The fourth-order valence-electron chi connectivity index (χ4n) is 2.30. The van der Waals surface area contributed by atoms with Crippen molar-refractivity contribution >= 4 is 5.97 Å². The maximum Gasteiger partial charge on any atom is 0.317 e. The van der Waals surface area contributed by atoms with Crippen molar-refractivity contribution in [3.8, 4) is 0 Å². The minimum atomic E-state index is -0.807. The van der Waals surface area contributed by atoms with Crippen molar-refractivity contribution in [3.05, 3.63) is 0 Å². The third-order valence-corrected chi connectivity index (χ3v) is 3.10. The van der Waals surface area contributed by atoms with Gasteiger partial charge in [-0.05, 0) is 12.8 Å². The van der Waals surface area contributed by atoms with Crippen LogP contribution in [0.15, 0.2) is 0 Å². The summed E-state index contributed by atoms with van der Waals surface area (Å²) in [4.78, 5) is 10.4. The number of hydrogen-bond acceptors (Lipinski definition) is 4. The average Bonchev–Trinajstić information content (AvgIpc) is 2.63. The van der Waals surface area contributed by atoms with E-state index in [1.807, 2.05) is 0 Å². The first-order valence-corrected chi connectivity index (χ1v) is 5.37. The minimum absolute atomic E-state index is 0.0294. The normalized spacial score (nSPS) is 35.9. The Balaban J connectivity index is 1.84. The summed E-state index contributed by atoms with van der Waals surface area (Å²) < 4.78 is 11.1. The Kier molecular flexibility index (Phi) is 3.23. The smallest absolute Gasteiger partial charge is 0.317 e. The second-order valence-corrected chi connectivity index (χ2v) is 4.30. The molecule has 2 atom stereocenters. The Morgan fingerprint density at radius 1 is 1.53 bits per heavy atom. The second kappa shape index (κ2) is 4.47. The molecule has 2 rings (SSSR count). The number of aliphatic carboxylic acids is 1. The summed E-state index contributed by atoms with van der Waals surface area (Å²) in [5, 5.41) is 11.6. The number of hydrogen-bond donors (Lipinski definition) is 2. The predicted octanol–water partition coefficient (Wildman–Crippen LogP) is -0.00130. The molecule has 15 heavy (non-hydrogen) atoms. The lowest BCUT2D eigenvalue weighted by molar-refractivity contribution is -0.136. The van der Waals surface area contributed by atoms with Crippen LogP contribution in [0, 0.1) is 0 Å². The van der Waals surface area contributed by atoms with Crippen molar-refractivity contribution in [1.82, 2.24) is 5.32 Å². The van der Waals surface area contributed by atoms with E-state index >= 15 is 0 Å².